The Morgan fingerprint density at radius 2 is 1.04 bits per heavy atom. The van der Waals surface area contributed by atoms with Crippen LogP contribution in [-0.4, -0.2) is 41.1 Å². The Hall–Kier alpha value is -5.69. The normalized spacial score (nSPS) is 11.2. The Morgan fingerprint density at radius 3 is 1.40 bits per heavy atom. The van der Waals surface area contributed by atoms with E-state index in [0.717, 1.165) is 43.1 Å². The number of nitrogens with zero attached hydrogens (tertiary/aromatic N) is 2. The highest BCUT2D eigenvalue weighted by atomic mass is 32.2. The average Bonchev–Trinajstić information content (AvgIpc) is 3.17. The Balaban J connectivity index is 0.000000454. The average molecular weight is 779 g/mol. The molecule has 6 aromatic rings. The van der Waals surface area contributed by atoms with Gasteiger partial charge in [0.25, 0.3) is 0 Å². The molecule has 10 nitrogen and oxygen atoms in total. The van der Waals surface area contributed by atoms with Crippen molar-refractivity contribution < 1.29 is 36.7 Å². The van der Waals surface area contributed by atoms with Gasteiger partial charge in [0.15, 0.2) is 21.3 Å². The third kappa shape index (κ3) is 13.3. The third-order valence-corrected chi connectivity index (χ3v) is 10.6. The fraction of sp³-hybridized carbons (Fsp3) is 0.186. The highest BCUT2D eigenvalue weighted by Gasteiger charge is 2.29. The molecule has 0 saturated heterocycles. The molecule has 0 unspecified atom stereocenters. The quantitative estimate of drug-likeness (QED) is 0.0639. The van der Waals surface area contributed by atoms with E-state index in [1.807, 2.05) is 113 Å². The van der Waals surface area contributed by atoms with Gasteiger partial charge in [-0.25, -0.2) is 13.2 Å². The van der Waals surface area contributed by atoms with Gasteiger partial charge < -0.3 is 23.5 Å². The molecule has 12 heteroatoms. The van der Waals surface area contributed by atoms with E-state index in [9.17, 15) is 17.8 Å². The van der Waals surface area contributed by atoms with Gasteiger partial charge in [-0.05, 0) is 137 Å². The second-order valence-electron chi connectivity index (χ2n) is 13.1. The fourth-order valence-electron chi connectivity index (χ4n) is 4.92. The second kappa shape index (κ2) is 19.1. The van der Waals surface area contributed by atoms with Crippen LogP contribution in [0.15, 0.2) is 165 Å². The van der Waals surface area contributed by atoms with Gasteiger partial charge in [0.2, 0.25) is 0 Å². The van der Waals surface area contributed by atoms with Crippen molar-refractivity contribution in [1.82, 2.24) is 9.97 Å². The zero-order valence-electron chi connectivity index (χ0n) is 31.0. The van der Waals surface area contributed by atoms with Gasteiger partial charge in [-0.1, -0.05) is 29.8 Å². The molecule has 0 fully saturated rings. The molecule has 0 aliphatic carbocycles. The van der Waals surface area contributed by atoms with Crippen molar-refractivity contribution in [3.63, 3.8) is 0 Å². The van der Waals surface area contributed by atoms with Crippen molar-refractivity contribution >= 4 is 27.0 Å². The molecule has 0 bridgehead atoms. The summed E-state index contributed by atoms with van der Waals surface area (Å²) in [5.74, 6) is 1.73. The van der Waals surface area contributed by atoms with Gasteiger partial charge in [-0.2, -0.15) is 0 Å². The Bertz CT molecular complexity index is 2110. The van der Waals surface area contributed by atoms with Gasteiger partial charge in [-0.3, -0.25) is 9.97 Å². The molecule has 2 heterocycles. The monoisotopic (exact) mass is 778 g/mol. The molecule has 0 aliphatic rings. The number of aromatic nitrogens is 2. The van der Waals surface area contributed by atoms with Crippen molar-refractivity contribution in [3.8, 4) is 17.2 Å². The van der Waals surface area contributed by atoms with E-state index in [0.29, 0.717) is 19.0 Å². The smallest absolute Gasteiger partial charge is 0.344 e. The summed E-state index contributed by atoms with van der Waals surface area (Å²) in [6.45, 7) is 7.97. The molecule has 0 amide bonds. The molecule has 2 aromatic heterocycles. The first-order valence-corrected chi connectivity index (χ1v) is 19.9. The molecule has 6 rings (SSSR count). The maximum absolute atomic E-state index is 12.1. The lowest BCUT2D eigenvalue weighted by Crippen LogP contribution is -2.27. The summed E-state index contributed by atoms with van der Waals surface area (Å²) in [5.41, 5.74) is 2.11. The predicted molar refractivity (Wildman–Crippen MR) is 209 cm³/mol. The Morgan fingerprint density at radius 1 is 0.618 bits per heavy atom. The minimum absolute atomic E-state index is 0.151. The first-order chi connectivity index (χ1) is 26.3. The molecule has 55 heavy (non-hydrogen) atoms. The first kappa shape index (κ1) is 40.5. The van der Waals surface area contributed by atoms with E-state index in [1.54, 1.807) is 24.5 Å². The number of hydrogen-bond acceptors (Lipinski definition) is 10. The summed E-state index contributed by atoms with van der Waals surface area (Å²) >= 11 is 0. The standard InChI is InChI=1S/C36H35N2O5S.C7H8O3S/c1-36(2,3)43-35(39)26-42-31-14-20-34(21-15-31)44(32-16-10-29(11-17-32)40-24-27-8-4-6-22-37-27)33-18-12-30(13-19-33)41-25-28-9-5-7-23-38-28;1-6-2-4-7(5-3-6)11(8,9)10/h4-23H,24-26H2,1-3H3;2-5H,1H3,(H,8,9,10)/q+1;/p-1. The van der Waals surface area contributed by atoms with Crippen LogP contribution in [0, 0.1) is 6.92 Å². The molecular formula is C43H42N2O8S2. The largest absolute Gasteiger partial charge is 0.744 e. The number of aryl methyl sites for hydroxylation is 1. The summed E-state index contributed by atoms with van der Waals surface area (Å²) < 4.78 is 54.2. The van der Waals surface area contributed by atoms with E-state index < -0.39 is 32.6 Å². The summed E-state index contributed by atoms with van der Waals surface area (Å²) in [6, 6.07) is 41.5. The van der Waals surface area contributed by atoms with Crippen LogP contribution in [0.2, 0.25) is 0 Å². The van der Waals surface area contributed by atoms with Gasteiger partial charge in [-0.15, -0.1) is 0 Å². The predicted octanol–water partition coefficient (Wildman–Crippen LogP) is 8.35. The van der Waals surface area contributed by atoms with Crippen LogP contribution in [-0.2, 0) is 43.8 Å². The van der Waals surface area contributed by atoms with Crippen LogP contribution in [0.3, 0.4) is 0 Å². The second-order valence-corrected chi connectivity index (χ2v) is 16.5. The number of pyridine rings is 2. The Kier molecular flexibility index (Phi) is 14.0. The van der Waals surface area contributed by atoms with Crippen molar-refractivity contribution in [2.45, 2.75) is 66.1 Å². The van der Waals surface area contributed by atoms with E-state index in [4.69, 9.17) is 18.9 Å². The molecule has 0 saturated carbocycles. The Labute approximate surface area is 325 Å². The molecule has 0 aliphatic heterocycles. The molecule has 284 valence electrons. The van der Waals surface area contributed by atoms with Crippen LogP contribution in [0.25, 0.3) is 0 Å². The van der Waals surface area contributed by atoms with Crippen LogP contribution < -0.4 is 14.2 Å². The number of carbonyl (C=O) groups is 1. The number of esters is 1. The molecule has 0 atom stereocenters. The molecule has 4 aromatic carbocycles. The van der Waals surface area contributed by atoms with Crippen molar-refractivity contribution in [3.05, 3.63) is 163 Å². The zero-order valence-corrected chi connectivity index (χ0v) is 32.6. The minimum atomic E-state index is -4.27. The van der Waals surface area contributed by atoms with Gasteiger partial charge in [0.05, 0.1) is 27.2 Å². The van der Waals surface area contributed by atoms with E-state index in [-0.39, 0.29) is 11.5 Å². The number of benzene rings is 4. The van der Waals surface area contributed by atoms with Crippen LogP contribution in [0.1, 0.15) is 37.7 Å². The molecule has 0 spiro atoms. The summed E-state index contributed by atoms with van der Waals surface area (Å²) in [7, 11) is -4.70. The van der Waals surface area contributed by atoms with E-state index in [2.05, 4.69) is 34.2 Å². The zero-order chi connectivity index (χ0) is 39.3. The maximum atomic E-state index is 12.1. The van der Waals surface area contributed by atoms with Gasteiger partial charge >= 0.3 is 5.97 Å². The molecule has 0 N–H and O–H groups in total. The molecular weight excluding hydrogens is 737 g/mol. The first-order valence-electron chi connectivity index (χ1n) is 17.3. The van der Waals surface area contributed by atoms with E-state index in [1.165, 1.54) is 12.1 Å². The molecule has 0 radical (unpaired) electrons. The summed E-state index contributed by atoms with van der Waals surface area (Å²) in [4.78, 5) is 23.9. The summed E-state index contributed by atoms with van der Waals surface area (Å²) in [6.07, 6.45) is 3.52. The summed E-state index contributed by atoms with van der Waals surface area (Å²) in [5, 5.41) is 0. The van der Waals surface area contributed by atoms with E-state index >= 15 is 0 Å². The number of ether oxygens (including phenoxy) is 4. The van der Waals surface area contributed by atoms with Crippen molar-refractivity contribution in [1.29, 1.82) is 0 Å². The van der Waals surface area contributed by atoms with Crippen molar-refractivity contribution in [2.75, 3.05) is 6.61 Å². The van der Waals surface area contributed by atoms with Crippen molar-refractivity contribution in [2.24, 2.45) is 0 Å². The maximum Gasteiger partial charge on any atom is 0.344 e. The van der Waals surface area contributed by atoms with Crippen LogP contribution in [0.5, 0.6) is 17.2 Å². The lowest BCUT2D eigenvalue weighted by atomic mass is 10.2. The number of carbonyl (C=O) groups excluding carboxylic acids is 1. The highest BCUT2D eigenvalue weighted by Crippen LogP contribution is 2.34. The highest BCUT2D eigenvalue weighted by molar-refractivity contribution is 7.97. The lowest BCUT2D eigenvalue weighted by molar-refractivity contribution is -0.157. The minimum Gasteiger partial charge on any atom is -0.744 e. The lowest BCUT2D eigenvalue weighted by Gasteiger charge is -2.19. The topological polar surface area (TPSA) is 137 Å². The number of rotatable bonds is 13. The van der Waals surface area contributed by atoms with Gasteiger partial charge in [0, 0.05) is 12.4 Å². The fourth-order valence-corrected chi connectivity index (χ4v) is 7.43. The van der Waals surface area contributed by atoms with Gasteiger partial charge in [0.1, 0.15) is 46.2 Å². The third-order valence-electron chi connectivity index (χ3n) is 7.49. The SMILES string of the molecule is CC(C)(C)OC(=O)COc1ccc([S+](c2ccc(OCc3ccccn3)cc2)c2ccc(OCc3ccccn3)cc2)cc1.Cc1ccc(S(=O)(=O)[O-])cc1. The number of hydrogen-bond donors (Lipinski definition) is 0. The van der Waals surface area contributed by atoms with Crippen LogP contribution >= 0.6 is 0 Å². The van der Waals surface area contributed by atoms with Crippen LogP contribution in [0.4, 0.5) is 0 Å².